The van der Waals surface area contributed by atoms with Crippen molar-refractivity contribution < 1.29 is 0 Å². The SMILES string of the molecule is CCCCCCCC1(CN)CCc2ccccc21. The van der Waals surface area contributed by atoms with Crippen LogP contribution in [0.25, 0.3) is 0 Å². The van der Waals surface area contributed by atoms with E-state index in [-0.39, 0.29) is 0 Å². The van der Waals surface area contributed by atoms with Gasteiger partial charge in [-0.15, -0.1) is 0 Å². The molecule has 0 aliphatic heterocycles. The molecule has 1 aromatic carbocycles. The lowest BCUT2D eigenvalue weighted by molar-refractivity contribution is 0.380. The number of rotatable bonds is 7. The van der Waals surface area contributed by atoms with Crippen molar-refractivity contribution in [3.05, 3.63) is 35.4 Å². The van der Waals surface area contributed by atoms with Crippen LogP contribution in [0.5, 0.6) is 0 Å². The van der Waals surface area contributed by atoms with Gasteiger partial charge in [-0.2, -0.15) is 0 Å². The molecule has 2 rings (SSSR count). The summed E-state index contributed by atoms with van der Waals surface area (Å²) in [7, 11) is 0. The monoisotopic (exact) mass is 245 g/mol. The van der Waals surface area contributed by atoms with Gasteiger partial charge in [0.15, 0.2) is 0 Å². The van der Waals surface area contributed by atoms with Crippen LogP contribution in [0.3, 0.4) is 0 Å². The lowest BCUT2D eigenvalue weighted by atomic mass is 9.77. The summed E-state index contributed by atoms with van der Waals surface area (Å²) in [6, 6.07) is 8.92. The molecule has 1 aliphatic rings. The number of hydrogen-bond acceptors (Lipinski definition) is 1. The van der Waals surface area contributed by atoms with Crippen LogP contribution in [-0.2, 0) is 11.8 Å². The van der Waals surface area contributed by atoms with E-state index in [1.54, 1.807) is 5.56 Å². The molecule has 0 aromatic heterocycles. The third kappa shape index (κ3) is 2.77. The zero-order valence-electron chi connectivity index (χ0n) is 11.8. The average Bonchev–Trinajstić information content (AvgIpc) is 2.79. The summed E-state index contributed by atoms with van der Waals surface area (Å²) in [5.41, 5.74) is 9.50. The first kappa shape index (κ1) is 13.6. The molecule has 1 heteroatoms. The van der Waals surface area contributed by atoms with Crippen molar-refractivity contribution in [1.82, 2.24) is 0 Å². The van der Waals surface area contributed by atoms with E-state index >= 15 is 0 Å². The minimum absolute atomic E-state index is 0.294. The predicted octanol–water partition coefficient (Wildman–Crippen LogP) is 4.19. The molecule has 1 unspecified atom stereocenters. The molecule has 1 aromatic rings. The van der Waals surface area contributed by atoms with E-state index < -0.39 is 0 Å². The van der Waals surface area contributed by atoms with Crippen LogP contribution < -0.4 is 5.73 Å². The highest BCUT2D eigenvalue weighted by atomic mass is 14.6. The van der Waals surface area contributed by atoms with E-state index in [9.17, 15) is 0 Å². The van der Waals surface area contributed by atoms with Gasteiger partial charge in [-0.05, 0) is 30.4 Å². The first-order valence-electron chi connectivity index (χ1n) is 7.61. The van der Waals surface area contributed by atoms with E-state index in [1.165, 1.54) is 56.9 Å². The summed E-state index contributed by atoms with van der Waals surface area (Å²) in [6.07, 6.45) is 10.6. The van der Waals surface area contributed by atoms with Crippen LogP contribution in [0.1, 0.15) is 63.0 Å². The first-order chi connectivity index (χ1) is 8.82. The van der Waals surface area contributed by atoms with Crippen LogP contribution in [0, 0.1) is 0 Å². The van der Waals surface area contributed by atoms with Crippen LogP contribution in [0.4, 0.5) is 0 Å². The number of aryl methyl sites for hydroxylation is 1. The van der Waals surface area contributed by atoms with Crippen molar-refractivity contribution >= 4 is 0 Å². The Labute approximate surface area is 112 Å². The van der Waals surface area contributed by atoms with Crippen molar-refractivity contribution in [1.29, 1.82) is 0 Å². The molecule has 2 N–H and O–H groups in total. The van der Waals surface area contributed by atoms with Gasteiger partial charge < -0.3 is 5.73 Å². The van der Waals surface area contributed by atoms with E-state index in [0.717, 1.165) is 6.54 Å². The van der Waals surface area contributed by atoms with Crippen LogP contribution >= 0.6 is 0 Å². The normalized spacial score (nSPS) is 22.1. The quantitative estimate of drug-likeness (QED) is 0.716. The molecule has 0 saturated carbocycles. The van der Waals surface area contributed by atoms with Gasteiger partial charge in [-0.3, -0.25) is 0 Å². The second-order valence-electron chi connectivity index (χ2n) is 5.81. The van der Waals surface area contributed by atoms with Crippen LogP contribution in [0.15, 0.2) is 24.3 Å². The second kappa shape index (κ2) is 6.38. The van der Waals surface area contributed by atoms with Gasteiger partial charge >= 0.3 is 0 Å². The summed E-state index contributed by atoms with van der Waals surface area (Å²) in [5.74, 6) is 0. The molecule has 0 bridgehead atoms. The first-order valence-corrected chi connectivity index (χ1v) is 7.61. The Kier molecular flexibility index (Phi) is 4.82. The van der Waals surface area contributed by atoms with Gasteiger partial charge in [0.2, 0.25) is 0 Å². The highest BCUT2D eigenvalue weighted by Crippen LogP contribution is 2.41. The zero-order chi connectivity index (χ0) is 12.8. The number of benzene rings is 1. The third-order valence-corrected chi connectivity index (χ3v) is 4.61. The summed E-state index contributed by atoms with van der Waals surface area (Å²) < 4.78 is 0. The molecule has 1 nitrogen and oxygen atoms in total. The standard InChI is InChI=1S/C17H27N/c1-2-3-4-5-8-12-17(14-18)13-11-15-9-6-7-10-16(15)17/h6-7,9-10H,2-5,8,11-14,18H2,1H3. The van der Waals surface area contributed by atoms with Crippen molar-refractivity contribution in [3.8, 4) is 0 Å². The Hall–Kier alpha value is -0.820. The number of nitrogens with two attached hydrogens (primary N) is 1. The fourth-order valence-corrected chi connectivity index (χ4v) is 3.40. The predicted molar refractivity (Wildman–Crippen MR) is 78.9 cm³/mol. The molecule has 0 amide bonds. The summed E-state index contributed by atoms with van der Waals surface area (Å²) in [5, 5.41) is 0. The van der Waals surface area contributed by atoms with Crippen LogP contribution in [0.2, 0.25) is 0 Å². The molecule has 0 fully saturated rings. The molecular formula is C17H27N. The number of fused-ring (bicyclic) bond motifs is 1. The largest absolute Gasteiger partial charge is 0.330 e. The second-order valence-corrected chi connectivity index (χ2v) is 5.81. The molecular weight excluding hydrogens is 218 g/mol. The minimum Gasteiger partial charge on any atom is -0.330 e. The van der Waals surface area contributed by atoms with Crippen molar-refractivity contribution in [3.63, 3.8) is 0 Å². The fraction of sp³-hybridized carbons (Fsp3) is 0.647. The third-order valence-electron chi connectivity index (χ3n) is 4.61. The van der Waals surface area contributed by atoms with Crippen LogP contribution in [-0.4, -0.2) is 6.54 Å². The molecule has 100 valence electrons. The summed E-state index contributed by atoms with van der Waals surface area (Å²) >= 11 is 0. The molecule has 0 saturated heterocycles. The van der Waals surface area contributed by atoms with Crippen molar-refractivity contribution in [2.45, 2.75) is 63.7 Å². The Morgan fingerprint density at radius 1 is 1.11 bits per heavy atom. The molecule has 1 atom stereocenters. The van der Waals surface area contributed by atoms with E-state index in [2.05, 4.69) is 31.2 Å². The zero-order valence-corrected chi connectivity index (χ0v) is 11.8. The Bertz CT molecular complexity index is 372. The number of hydrogen-bond donors (Lipinski definition) is 1. The average molecular weight is 245 g/mol. The van der Waals surface area contributed by atoms with Gasteiger partial charge in [0, 0.05) is 12.0 Å². The van der Waals surface area contributed by atoms with Gasteiger partial charge in [0.05, 0.1) is 0 Å². The highest BCUT2D eigenvalue weighted by molar-refractivity contribution is 5.39. The maximum absolute atomic E-state index is 6.12. The topological polar surface area (TPSA) is 26.0 Å². The molecule has 1 aliphatic carbocycles. The Morgan fingerprint density at radius 2 is 1.89 bits per heavy atom. The smallest absolute Gasteiger partial charge is 0.00814 e. The van der Waals surface area contributed by atoms with E-state index in [1.807, 2.05) is 0 Å². The van der Waals surface area contributed by atoms with Gasteiger partial charge in [-0.1, -0.05) is 63.3 Å². The molecule has 18 heavy (non-hydrogen) atoms. The van der Waals surface area contributed by atoms with Gasteiger partial charge in [-0.25, -0.2) is 0 Å². The van der Waals surface area contributed by atoms with Crippen molar-refractivity contribution in [2.24, 2.45) is 5.73 Å². The van der Waals surface area contributed by atoms with E-state index in [0.29, 0.717) is 5.41 Å². The minimum atomic E-state index is 0.294. The number of unbranched alkanes of at least 4 members (excludes halogenated alkanes) is 4. The molecule has 0 spiro atoms. The molecule has 0 heterocycles. The fourth-order valence-electron chi connectivity index (χ4n) is 3.40. The highest BCUT2D eigenvalue weighted by Gasteiger charge is 2.36. The van der Waals surface area contributed by atoms with E-state index in [4.69, 9.17) is 5.73 Å². The Balaban J connectivity index is 1.96. The van der Waals surface area contributed by atoms with Crippen molar-refractivity contribution in [2.75, 3.05) is 6.54 Å². The van der Waals surface area contributed by atoms with Gasteiger partial charge in [0.1, 0.15) is 0 Å². The Morgan fingerprint density at radius 3 is 2.67 bits per heavy atom. The summed E-state index contributed by atoms with van der Waals surface area (Å²) in [6.45, 7) is 3.09. The summed E-state index contributed by atoms with van der Waals surface area (Å²) in [4.78, 5) is 0. The maximum Gasteiger partial charge on any atom is 0.00814 e. The lowest BCUT2D eigenvalue weighted by Gasteiger charge is -2.29. The lowest BCUT2D eigenvalue weighted by Crippen LogP contribution is -2.32. The molecule has 0 radical (unpaired) electrons. The maximum atomic E-state index is 6.12. The van der Waals surface area contributed by atoms with Gasteiger partial charge in [0.25, 0.3) is 0 Å².